The van der Waals surface area contributed by atoms with E-state index in [1.165, 1.54) is 21.8 Å². The molecule has 1 aliphatic heterocycles. The van der Waals surface area contributed by atoms with Crippen LogP contribution in [0.15, 0.2) is 28.7 Å². The third kappa shape index (κ3) is 2.83. The molecular formula is C16H18BrN4O2S+. The Labute approximate surface area is 151 Å². The number of aryl methyl sites for hydroxylation is 1. The summed E-state index contributed by atoms with van der Waals surface area (Å²) in [5.41, 5.74) is 1.17. The SMILES string of the molecule is Cc1nc2sc([C@H](c3ccc(Br)cc3)[NH+]3CCOCC3)c(O)n2n1. The molecule has 0 aliphatic carbocycles. The first-order valence-corrected chi connectivity index (χ1v) is 9.47. The van der Waals surface area contributed by atoms with Crippen molar-refractivity contribution < 1.29 is 14.7 Å². The highest BCUT2D eigenvalue weighted by Crippen LogP contribution is 2.35. The second-order valence-corrected chi connectivity index (χ2v) is 7.82. The molecular weight excluding hydrogens is 392 g/mol. The van der Waals surface area contributed by atoms with Crippen molar-refractivity contribution in [1.82, 2.24) is 14.6 Å². The normalized spacial score (nSPS) is 17.4. The van der Waals surface area contributed by atoms with Gasteiger partial charge in [0.25, 0.3) is 0 Å². The summed E-state index contributed by atoms with van der Waals surface area (Å²) in [5.74, 6) is 0.865. The number of ether oxygens (including phenoxy) is 1. The molecule has 0 unspecified atom stereocenters. The van der Waals surface area contributed by atoms with E-state index in [-0.39, 0.29) is 11.9 Å². The minimum absolute atomic E-state index is 0.0517. The fourth-order valence-electron chi connectivity index (χ4n) is 3.19. The summed E-state index contributed by atoms with van der Waals surface area (Å²) in [6.07, 6.45) is 0. The van der Waals surface area contributed by atoms with Gasteiger partial charge in [-0.2, -0.15) is 4.52 Å². The van der Waals surface area contributed by atoms with Crippen LogP contribution < -0.4 is 4.90 Å². The van der Waals surface area contributed by atoms with Crippen LogP contribution in [0, 0.1) is 6.92 Å². The van der Waals surface area contributed by atoms with E-state index in [2.05, 4.69) is 38.1 Å². The maximum Gasteiger partial charge on any atom is 0.235 e. The maximum atomic E-state index is 10.7. The van der Waals surface area contributed by atoms with Crippen LogP contribution >= 0.6 is 27.3 Å². The number of aromatic hydroxyl groups is 1. The van der Waals surface area contributed by atoms with Crippen molar-refractivity contribution in [3.8, 4) is 5.88 Å². The zero-order chi connectivity index (χ0) is 16.7. The van der Waals surface area contributed by atoms with Gasteiger partial charge in [0.15, 0.2) is 6.04 Å². The van der Waals surface area contributed by atoms with Crippen molar-refractivity contribution in [2.75, 3.05) is 26.3 Å². The number of hydrogen-bond donors (Lipinski definition) is 2. The number of nitrogens with zero attached hydrogens (tertiary/aromatic N) is 3. The van der Waals surface area contributed by atoms with Crippen LogP contribution in [0.5, 0.6) is 5.88 Å². The van der Waals surface area contributed by atoms with E-state index in [0.717, 1.165) is 40.6 Å². The Morgan fingerprint density at radius 1 is 1.29 bits per heavy atom. The predicted octanol–water partition coefficient (Wildman–Crippen LogP) is 1.57. The molecule has 0 amide bonds. The number of quaternary nitrogens is 1. The summed E-state index contributed by atoms with van der Waals surface area (Å²) in [6, 6.07) is 8.35. The lowest BCUT2D eigenvalue weighted by Crippen LogP contribution is -3.14. The van der Waals surface area contributed by atoms with Crippen LogP contribution in [-0.2, 0) is 4.74 Å². The molecule has 0 radical (unpaired) electrons. The molecule has 4 rings (SSSR count). The quantitative estimate of drug-likeness (QED) is 0.688. The summed E-state index contributed by atoms with van der Waals surface area (Å²) in [5, 5.41) is 15.0. The van der Waals surface area contributed by atoms with Crippen molar-refractivity contribution in [3.63, 3.8) is 0 Å². The molecule has 1 aromatic carbocycles. The van der Waals surface area contributed by atoms with Gasteiger partial charge in [0.2, 0.25) is 10.8 Å². The fraction of sp³-hybridized carbons (Fsp3) is 0.375. The Kier molecular flexibility index (Phi) is 4.29. The number of rotatable bonds is 3. The molecule has 126 valence electrons. The molecule has 3 heterocycles. The maximum absolute atomic E-state index is 10.7. The number of fused-ring (bicyclic) bond motifs is 1. The lowest BCUT2D eigenvalue weighted by atomic mass is 10.0. The van der Waals surface area contributed by atoms with Gasteiger partial charge >= 0.3 is 0 Å². The third-order valence-electron chi connectivity index (χ3n) is 4.31. The predicted molar refractivity (Wildman–Crippen MR) is 94.8 cm³/mol. The molecule has 0 spiro atoms. The topological polar surface area (TPSA) is 64.1 Å². The summed E-state index contributed by atoms with van der Waals surface area (Å²) >= 11 is 5.01. The molecule has 1 saturated heterocycles. The highest BCUT2D eigenvalue weighted by Gasteiger charge is 2.33. The van der Waals surface area contributed by atoms with Crippen molar-refractivity contribution >= 4 is 32.2 Å². The molecule has 1 aliphatic rings. The smallest absolute Gasteiger partial charge is 0.235 e. The monoisotopic (exact) mass is 409 g/mol. The average Bonchev–Trinajstić information content (AvgIpc) is 3.09. The number of nitrogens with one attached hydrogen (secondary N) is 1. The first-order chi connectivity index (χ1) is 11.6. The lowest BCUT2D eigenvalue weighted by Gasteiger charge is -2.31. The van der Waals surface area contributed by atoms with Crippen LogP contribution in [-0.4, -0.2) is 46.0 Å². The van der Waals surface area contributed by atoms with Crippen LogP contribution in [0.25, 0.3) is 4.96 Å². The second-order valence-electron chi connectivity index (χ2n) is 5.90. The summed E-state index contributed by atoms with van der Waals surface area (Å²) < 4.78 is 8.10. The van der Waals surface area contributed by atoms with Gasteiger partial charge in [-0.05, 0) is 19.1 Å². The van der Waals surface area contributed by atoms with E-state index >= 15 is 0 Å². The summed E-state index contributed by atoms with van der Waals surface area (Å²) in [7, 11) is 0. The standard InChI is InChI=1S/C16H17BrN4O2S/c1-10-18-16-21(19-10)15(22)14(24-16)13(20-6-8-23-9-7-20)11-2-4-12(17)5-3-11/h2-5,13,22H,6-9H2,1H3/p+1/t13-/m0/s1. The molecule has 24 heavy (non-hydrogen) atoms. The van der Waals surface area contributed by atoms with Gasteiger partial charge < -0.3 is 14.7 Å². The van der Waals surface area contributed by atoms with Gasteiger partial charge in [-0.15, -0.1) is 5.10 Å². The van der Waals surface area contributed by atoms with Gasteiger partial charge in [-0.25, -0.2) is 4.98 Å². The summed E-state index contributed by atoms with van der Waals surface area (Å²) in [4.78, 5) is 7.43. The van der Waals surface area contributed by atoms with Crippen molar-refractivity contribution in [2.24, 2.45) is 0 Å². The lowest BCUT2D eigenvalue weighted by molar-refractivity contribution is -0.932. The van der Waals surface area contributed by atoms with Gasteiger partial charge in [-0.3, -0.25) is 0 Å². The van der Waals surface area contributed by atoms with Crippen molar-refractivity contribution in [2.45, 2.75) is 13.0 Å². The second kappa shape index (κ2) is 6.44. The Hall–Kier alpha value is -1.48. The minimum Gasteiger partial charge on any atom is -0.492 e. The van der Waals surface area contributed by atoms with E-state index in [9.17, 15) is 5.11 Å². The van der Waals surface area contributed by atoms with E-state index < -0.39 is 0 Å². The fourth-order valence-corrected chi connectivity index (χ4v) is 4.64. The molecule has 6 nitrogen and oxygen atoms in total. The molecule has 0 bridgehead atoms. The zero-order valence-corrected chi connectivity index (χ0v) is 15.6. The van der Waals surface area contributed by atoms with E-state index in [1.54, 1.807) is 4.52 Å². The van der Waals surface area contributed by atoms with E-state index in [0.29, 0.717) is 5.82 Å². The Morgan fingerprint density at radius 2 is 2.00 bits per heavy atom. The number of benzene rings is 1. The summed E-state index contributed by atoms with van der Waals surface area (Å²) in [6.45, 7) is 5.13. The number of morpholine rings is 1. The molecule has 1 atom stereocenters. The van der Waals surface area contributed by atoms with Crippen molar-refractivity contribution in [3.05, 3.63) is 45.0 Å². The largest absolute Gasteiger partial charge is 0.492 e. The molecule has 0 saturated carbocycles. The van der Waals surface area contributed by atoms with Gasteiger partial charge in [0.05, 0.1) is 13.2 Å². The number of thiazole rings is 1. The number of halogens is 1. The average molecular weight is 410 g/mol. The number of hydrogen-bond acceptors (Lipinski definition) is 5. The number of aromatic nitrogens is 3. The molecule has 3 aromatic rings. The Bertz CT molecular complexity index is 855. The van der Waals surface area contributed by atoms with Crippen LogP contribution in [0.1, 0.15) is 22.3 Å². The van der Waals surface area contributed by atoms with Crippen LogP contribution in [0.4, 0.5) is 0 Å². The zero-order valence-electron chi connectivity index (χ0n) is 13.2. The van der Waals surface area contributed by atoms with Crippen LogP contribution in [0.3, 0.4) is 0 Å². The molecule has 2 N–H and O–H groups in total. The Balaban J connectivity index is 1.82. The van der Waals surface area contributed by atoms with Crippen LogP contribution in [0.2, 0.25) is 0 Å². The first-order valence-electron chi connectivity index (χ1n) is 7.86. The minimum atomic E-state index is 0.0517. The van der Waals surface area contributed by atoms with Gasteiger partial charge in [-0.1, -0.05) is 39.4 Å². The molecule has 8 heteroatoms. The molecule has 2 aromatic heterocycles. The molecule has 1 fully saturated rings. The van der Waals surface area contributed by atoms with E-state index in [1.807, 2.05) is 19.1 Å². The third-order valence-corrected chi connectivity index (χ3v) is 5.93. The first kappa shape index (κ1) is 16.0. The highest BCUT2D eigenvalue weighted by atomic mass is 79.9. The Morgan fingerprint density at radius 3 is 2.67 bits per heavy atom. The van der Waals surface area contributed by atoms with Gasteiger partial charge in [0, 0.05) is 10.0 Å². The van der Waals surface area contributed by atoms with Gasteiger partial charge in [0.1, 0.15) is 23.8 Å². The highest BCUT2D eigenvalue weighted by molar-refractivity contribution is 9.10. The van der Waals surface area contributed by atoms with E-state index in [4.69, 9.17) is 4.74 Å². The van der Waals surface area contributed by atoms with Crippen molar-refractivity contribution in [1.29, 1.82) is 0 Å².